The van der Waals surface area contributed by atoms with Crippen LogP contribution in [-0.2, 0) is 4.79 Å². The number of aromatic nitrogens is 1. The summed E-state index contributed by atoms with van der Waals surface area (Å²) in [5, 5.41) is 0.122. The number of thioether (sulfide) groups is 1. The van der Waals surface area contributed by atoms with Crippen molar-refractivity contribution in [3.8, 4) is 11.8 Å². The van der Waals surface area contributed by atoms with Gasteiger partial charge < -0.3 is 10.2 Å². The maximum atomic E-state index is 10.7. The molecule has 0 saturated heterocycles. The molecule has 1 aromatic heterocycles. The van der Waals surface area contributed by atoms with Crippen molar-refractivity contribution < 1.29 is 9.21 Å². The second-order valence-electron chi connectivity index (χ2n) is 3.63. The molecule has 0 bridgehead atoms. The molecule has 0 amide bonds. The van der Waals surface area contributed by atoms with Crippen LogP contribution in [0.3, 0.4) is 0 Å². The third kappa shape index (κ3) is 3.28. The van der Waals surface area contributed by atoms with Crippen molar-refractivity contribution in [1.29, 1.82) is 0 Å². The van der Waals surface area contributed by atoms with Crippen molar-refractivity contribution in [2.24, 2.45) is 0 Å². The van der Waals surface area contributed by atoms with Gasteiger partial charge in [0.25, 0.3) is 6.01 Å². The smallest absolute Gasteiger partial charge is 0.292 e. The number of benzene rings is 1. The molecule has 0 spiro atoms. The Morgan fingerprint density at radius 3 is 3.17 bits per heavy atom. The van der Waals surface area contributed by atoms with E-state index in [4.69, 9.17) is 10.2 Å². The van der Waals surface area contributed by atoms with Gasteiger partial charge in [-0.2, -0.15) is 4.98 Å². The molecule has 2 rings (SSSR count). The van der Waals surface area contributed by atoms with Crippen LogP contribution in [0.1, 0.15) is 18.9 Å². The van der Waals surface area contributed by atoms with E-state index in [0.29, 0.717) is 17.5 Å². The van der Waals surface area contributed by atoms with E-state index in [1.54, 1.807) is 13.0 Å². The van der Waals surface area contributed by atoms with Crippen LogP contribution >= 0.6 is 11.8 Å². The lowest BCUT2D eigenvalue weighted by atomic mass is 10.2. The summed E-state index contributed by atoms with van der Waals surface area (Å²) in [6.45, 7) is 1.56. The molecular formula is C13H12N2O2S. The number of nitrogens with zero attached hydrogens (tertiary/aromatic N) is 1. The normalized spacial score (nSPS) is 10.1. The van der Waals surface area contributed by atoms with Gasteiger partial charge in [0.2, 0.25) is 0 Å². The minimum atomic E-state index is 0.122. The third-order valence-corrected chi connectivity index (χ3v) is 2.98. The first-order valence-electron chi connectivity index (χ1n) is 5.43. The molecule has 0 saturated carbocycles. The number of fused-ring (bicyclic) bond motifs is 1. The Labute approximate surface area is 109 Å². The van der Waals surface area contributed by atoms with E-state index in [0.717, 1.165) is 11.3 Å². The highest BCUT2D eigenvalue weighted by atomic mass is 32.2. The Bertz CT molecular complexity index is 637. The van der Waals surface area contributed by atoms with Gasteiger partial charge in [-0.05, 0) is 18.2 Å². The monoisotopic (exact) mass is 260 g/mol. The first-order valence-corrected chi connectivity index (χ1v) is 6.42. The Kier molecular flexibility index (Phi) is 3.90. The summed E-state index contributed by atoms with van der Waals surface area (Å²) in [4.78, 5) is 14.7. The zero-order valence-electron chi connectivity index (χ0n) is 9.90. The molecule has 2 aromatic rings. The third-order valence-electron chi connectivity index (χ3n) is 2.17. The van der Waals surface area contributed by atoms with Crippen molar-refractivity contribution >= 4 is 34.0 Å². The van der Waals surface area contributed by atoms with Crippen LogP contribution in [0.25, 0.3) is 11.1 Å². The maximum Gasteiger partial charge on any atom is 0.292 e. The van der Waals surface area contributed by atoms with Crippen LogP contribution in [0.5, 0.6) is 0 Å². The fourth-order valence-corrected chi connectivity index (χ4v) is 1.92. The fourth-order valence-electron chi connectivity index (χ4n) is 1.43. The van der Waals surface area contributed by atoms with Crippen molar-refractivity contribution in [3.05, 3.63) is 23.8 Å². The van der Waals surface area contributed by atoms with E-state index < -0.39 is 0 Å². The second kappa shape index (κ2) is 5.61. The summed E-state index contributed by atoms with van der Waals surface area (Å²) < 4.78 is 5.17. The summed E-state index contributed by atoms with van der Waals surface area (Å²) in [5.74, 6) is 6.76. The summed E-state index contributed by atoms with van der Waals surface area (Å²) >= 11 is 1.29. The zero-order valence-corrected chi connectivity index (χ0v) is 10.7. The Balaban J connectivity index is 2.03. The first-order chi connectivity index (χ1) is 8.65. The number of anilines is 1. The van der Waals surface area contributed by atoms with Gasteiger partial charge in [0.1, 0.15) is 5.52 Å². The predicted molar refractivity (Wildman–Crippen MR) is 73.1 cm³/mol. The number of oxazole rings is 1. The van der Waals surface area contributed by atoms with E-state index in [1.165, 1.54) is 11.8 Å². The second-order valence-corrected chi connectivity index (χ2v) is 4.90. The molecule has 1 aromatic carbocycles. The molecule has 18 heavy (non-hydrogen) atoms. The fraction of sp³-hybridized carbons (Fsp3) is 0.231. The lowest BCUT2D eigenvalue weighted by Gasteiger charge is -1.90. The van der Waals surface area contributed by atoms with Gasteiger partial charge in [0.15, 0.2) is 10.7 Å². The topological polar surface area (TPSA) is 69.1 Å². The molecule has 0 fully saturated rings. The van der Waals surface area contributed by atoms with Crippen molar-refractivity contribution in [2.45, 2.75) is 13.3 Å². The largest absolute Gasteiger partial charge is 0.424 e. The number of nitrogen functional groups attached to an aromatic ring is 1. The SMILES string of the molecule is CC(=O)SCCC#Cc1ccc2oc(N)nc2c1. The van der Waals surface area contributed by atoms with E-state index in [2.05, 4.69) is 16.8 Å². The summed E-state index contributed by atoms with van der Waals surface area (Å²) in [6, 6.07) is 5.65. The van der Waals surface area contributed by atoms with E-state index >= 15 is 0 Å². The first kappa shape index (κ1) is 12.5. The van der Waals surface area contributed by atoms with Crippen LogP contribution in [0.15, 0.2) is 22.6 Å². The Hall–Kier alpha value is -1.93. The molecule has 4 nitrogen and oxygen atoms in total. The molecular weight excluding hydrogens is 248 g/mol. The quantitative estimate of drug-likeness (QED) is 0.663. The molecule has 0 unspecified atom stereocenters. The van der Waals surface area contributed by atoms with Crippen molar-refractivity contribution in [2.75, 3.05) is 11.5 Å². The highest BCUT2D eigenvalue weighted by Crippen LogP contribution is 2.17. The van der Waals surface area contributed by atoms with Gasteiger partial charge in [-0.3, -0.25) is 4.79 Å². The lowest BCUT2D eigenvalue weighted by molar-refractivity contribution is -0.109. The molecule has 2 N–H and O–H groups in total. The van der Waals surface area contributed by atoms with Gasteiger partial charge in [-0.1, -0.05) is 23.6 Å². The van der Waals surface area contributed by atoms with Crippen molar-refractivity contribution in [3.63, 3.8) is 0 Å². The molecule has 5 heteroatoms. The van der Waals surface area contributed by atoms with E-state index in [1.807, 2.05) is 12.1 Å². The predicted octanol–water partition coefficient (Wildman–Crippen LogP) is 2.43. The average Bonchev–Trinajstić information content (AvgIpc) is 2.67. The van der Waals surface area contributed by atoms with Crippen LogP contribution in [-0.4, -0.2) is 15.9 Å². The maximum absolute atomic E-state index is 10.7. The number of carbonyl (C=O) groups excluding carboxylic acids is 1. The lowest BCUT2D eigenvalue weighted by Crippen LogP contribution is -1.84. The zero-order chi connectivity index (χ0) is 13.0. The summed E-state index contributed by atoms with van der Waals surface area (Å²) in [7, 11) is 0. The molecule has 0 radical (unpaired) electrons. The van der Waals surface area contributed by atoms with Crippen LogP contribution in [0, 0.1) is 11.8 Å². The average molecular weight is 260 g/mol. The standard InChI is InChI=1S/C13H12N2O2S/c1-9(16)18-7-3-2-4-10-5-6-12-11(8-10)15-13(14)17-12/h5-6,8H,3,7H2,1H3,(H2,14,15). The highest BCUT2D eigenvalue weighted by molar-refractivity contribution is 8.13. The molecule has 0 atom stereocenters. The van der Waals surface area contributed by atoms with E-state index in [-0.39, 0.29) is 11.1 Å². The number of nitrogens with two attached hydrogens (primary N) is 1. The van der Waals surface area contributed by atoms with Crippen LogP contribution in [0.2, 0.25) is 0 Å². The summed E-state index contributed by atoms with van der Waals surface area (Å²) in [6.07, 6.45) is 0.684. The molecule has 0 aliphatic rings. The minimum absolute atomic E-state index is 0.122. The number of carbonyl (C=O) groups is 1. The molecule has 0 aliphatic carbocycles. The van der Waals surface area contributed by atoms with Gasteiger partial charge in [0.05, 0.1) is 0 Å². The highest BCUT2D eigenvalue weighted by Gasteiger charge is 2.01. The Morgan fingerprint density at radius 2 is 2.39 bits per heavy atom. The van der Waals surface area contributed by atoms with Gasteiger partial charge >= 0.3 is 0 Å². The van der Waals surface area contributed by atoms with Gasteiger partial charge in [-0.25, -0.2) is 0 Å². The number of hydrogen-bond acceptors (Lipinski definition) is 5. The number of hydrogen-bond donors (Lipinski definition) is 1. The molecule has 1 heterocycles. The summed E-state index contributed by atoms with van der Waals surface area (Å²) in [5.41, 5.74) is 7.69. The molecule has 92 valence electrons. The van der Waals surface area contributed by atoms with Gasteiger partial charge in [0, 0.05) is 24.7 Å². The van der Waals surface area contributed by atoms with Gasteiger partial charge in [-0.15, -0.1) is 0 Å². The minimum Gasteiger partial charge on any atom is -0.424 e. The van der Waals surface area contributed by atoms with Crippen LogP contribution < -0.4 is 5.73 Å². The Morgan fingerprint density at radius 1 is 1.56 bits per heavy atom. The van der Waals surface area contributed by atoms with Crippen LogP contribution in [0.4, 0.5) is 6.01 Å². The van der Waals surface area contributed by atoms with E-state index in [9.17, 15) is 4.79 Å². The number of rotatable bonds is 2. The van der Waals surface area contributed by atoms with Crippen molar-refractivity contribution in [1.82, 2.24) is 4.98 Å². The molecule has 0 aliphatic heterocycles.